The number of amides is 1. The molecule has 0 radical (unpaired) electrons. The van der Waals surface area contributed by atoms with Gasteiger partial charge in [0.05, 0.1) is 13.1 Å². The molecule has 0 bridgehead atoms. The number of carbonyl (C=O) groups excluding carboxylic acids is 1. The van der Waals surface area contributed by atoms with Crippen LogP contribution < -0.4 is 16.0 Å². The topological polar surface area (TPSA) is 83.3 Å². The van der Waals surface area contributed by atoms with Crippen LogP contribution in [-0.2, 0) is 19.6 Å². The van der Waals surface area contributed by atoms with E-state index in [1.807, 2.05) is 54.2 Å². The molecule has 1 aromatic heterocycles. The summed E-state index contributed by atoms with van der Waals surface area (Å²) < 4.78 is 1.91. The number of hydrogen-bond donors (Lipinski definition) is 3. The van der Waals surface area contributed by atoms with Gasteiger partial charge in [0.25, 0.3) is 5.91 Å². The summed E-state index contributed by atoms with van der Waals surface area (Å²) in [6.45, 7) is 4.66. The Morgan fingerprint density at radius 2 is 1.87 bits per heavy atom. The third-order valence-corrected chi connectivity index (χ3v) is 4.64. The molecule has 0 saturated carbocycles. The molecule has 3 N–H and O–H groups in total. The van der Waals surface area contributed by atoms with Crippen molar-refractivity contribution in [1.82, 2.24) is 25.7 Å². The predicted octanol–water partition coefficient (Wildman–Crippen LogP) is 3.16. The van der Waals surface area contributed by atoms with Gasteiger partial charge in [-0.1, -0.05) is 36.4 Å². The summed E-state index contributed by atoms with van der Waals surface area (Å²) >= 11 is 0. The molecule has 3 rings (SSSR count). The van der Waals surface area contributed by atoms with Crippen LogP contribution in [0.3, 0.4) is 0 Å². The summed E-state index contributed by atoms with van der Waals surface area (Å²) in [6, 6.07) is 17.8. The molecule has 0 atom stereocenters. The molecule has 1 heterocycles. The standard InChI is InChI=1S/C23H28N6O.HI/c1-3-25-23(26-15-18-8-6-11-19(14-18)22(30)24-2)27-16-20-9-4-5-10-21(20)17-29-13-7-12-28-29;/h4-14H,3,15-17H2,1-2H3,(H,24,30)(H2,25,26,27);1H. The van der Waals surface area contributed by atoms with Crippen LogP contribution in [0.5, 0.6) is 0 Å². The van der Waals surface area contributed by atoms with Gasteiger partial charge in [0, 0.05) is 38.1 Å². The lowest BCUT2D eigenvalue weighted by Crippen LogP contribution is -2.37. The third kappa shape index (κ3) is 7.39. The highest BCUT2D eigenvalue weighted by Gasteiger charge is 2.06. The SMILES string of the molecule is CCNC(=NCc1cccc(C(=O)NC)c1)NCc1ccccc1Cn1cccn1.I. The fourth-order valence-electron chi connectivity index (χ4n) is 3.10. The maximum Gasteiger partial charge on any atom is 0.251 e. The Morgan fingerprint density at radius 1 is 1.06 bits per heavy atom. The Morgan fingerprint density at radius 3 is 2.58 bits per heavy atom. The highest BCUT2D eigenvalue weighted by Crippen LogP contribution is 2.11. The van der Waals surface area contributed by atoms with Crippen molar-refractivity contribution in [1.29, 1.82) is 0 Å². The van der Waals surface area contributed by atoms with Gasteiger partial charge in [-0.15, -0.1) is 24.0 Å². The molecular formula is C23H29IN6O. The summed E-state index contributed by atoms with van der Waals surface area (Å²) in [7, 11) is 1.63. The van der Waals surface area contributed by atoms with Crippen molar-refractivity contribution >= 4 is 35.8 Å². The van der Waals surface area contributed by atoms with Crippen molar-refractivity contribution in [3.05, 3.63) is 89.2 Å². The van der Waals surface area contributed by atoms with Crippen LogP contribution in [0.2, 0.25) is 0 Å². The van der Waals surface area contributed by atoms with Gasteiger partial charge < -0.3 is 16.0 Å². The number of benzene rings is 2. The Bertz CT molecular complexity index is 987. The number of aliphatic imine (C=N–C) groups is 1. The van der Waals surface area contributed by atoms with Gasteiger partial charge in [0.1, 0.15) is 0 Å². The molecule has 0 saturated heterocycles. The normalized spacial score (nSPS) is 10.8. The Labute approximate surface area is 200 Å². The molecular weight excluding hydrogens is 503 g/mol. The first-order chi connectivity index (χ1) is 14.7. The lowest BCUT2D eigenvalue weighted by atomic mass is 10.1. The zero-order valence-electron chi connectivity index (χ0n) is 17.8. The van der Waals surface area contributed by atoms with Crippen LogP contribution in [-0.4, -0.2) is 35.2 Å². The second-order valence-electron chi connectivity index (χ2n) is 6.80. The van der Waals surface area contributed by atoms with E-state index in [0.29, 0.717) is 18.7 Å². The van der Waals surface area contributed by atoms with Crippen molar-refractivity contribution in [2.24, 2.45) is 4.99 Å². The number of hydrogen-bond acceptors (Lipinski definition) is 3. The van der Waals surface area contributed by atoms with Crippen molar-refractivity contribution in [3.8, 4) is 0 Å². The van der Waals surface area contributed by atoms with Crippen molar-refractivity contribution in [3.63, 3.8) is 0 Å². The molecule has 0 fully saturated rings. The van der Waals surface area contributed by atoms with Crippen molar-refractivity contribution in [2.45, 2.75) is 26.6 Å². The first-order valence-electron chi connectivity index (χ1n) is 10.1. The van der Waals surface area contributed by atoms with E-state index in [9.17, 15) is 4.79 Å². The lowest BCUT2D eigenvalue weighted by Gasteiger charge is -2.14. The number of guanidine groups is 1. The zero-order valence-corrected chi connectivity index (χ0v) is 20.2. The van der Waals surface area contributed by atoms with E-state index in [1.165, 1.54) is 11.1 Å². The van der Waals surface area contributed by atoms with Gasteiger partial charge >= 0.3 is 0 Å². The van der Waals surface area contributed by atoms with E-state index in [2.05, 4.69) is 38.2 Å². The van der Waals surface area contributed by atoms with E-state index >= 15 is 0 Å². The smallest absolute Gasteiger partial charge is 0.251 e. The lowest BCUT2D eigenvalue weighted by molar-refractivity contribution is 0.0963. The van der Waals surface area contributed by atoms with E-state index in [-0.39, 0.29) is 29.9 Å². The van der Waals surface area contributed by atoms with Gasteiger partial charge in [-0.05, 0) is 41.8 Å². The van der Waals surface area contributed by atoms with Crippen LogP contribution in [0.1, 0.15) is 34.0 Å². The number of halogens is 1. The molecule has 0 spiro atoms. The maximum atomic E-state index is 11.8. The van der Waals surface area contributed by atoms with Gasteiger partial charge in [-0.3, -0.25) is 9.48 Å². The number of nitrogens with zero attached hydrogens (tertiary/aromatic N) is 3. The van der Waals surface area contributed by atoms with Crippen LogP contribution in [0.4, 0.5) is 0 Å². The summed E-state index contributed by atoms with van der Waals surface area (Å²) in [5, 5.41) is 13.6. The van der Waals surface area contributed by atoms with E-state index in [0.717, 1.165) is 24.6 Å². The summed E-state index contributed by atoms with van der Waals surface area (Å²) in [4.78, 5) is 16.5. The second kappa shape index (κ2) is 12.7. The van der Waals surface area contributed by atoms with Crippen molar-refractivity contribution in [2.75, 3.05) is 13.6 Å². The van der Waals surface area contributed by atoms with Crippen molar-refractivity contribution < 1.29 is 4.79 Å². The molecule has 3 aromatic rings. The van der Waals surface area contributed by atoms with Gasteiger partial charge in [0.15, 0.2) is 5.96 Å². The largest absolute Gasteiger partial charge is 0.357 e. The Hall–Kier alpha value is -2.88. The highest BCUT2D eigenvalue weighted by molar-refractivity contribution is 14.0. The fraction of sp³-hybridized carbons (Fsp3) is 0.261. The van der Waals surface area contributed by atoms with E-state index in [4.69, 9.17) is 0 Å². The molecule has 8 heteroatoms. The number of aromatic nitrogens is 2. The van der Waals surface area contributed by atoms with Gasteiger partial charge in [0.2, 0.25) is 0 Å². The molecule has 164 valence electrons. The van der Waals surface area contributed by atoms with Crippen LogP contribution >= 0.6 is 24.0 Å². The molecule has 0 aliphatic carbocycles. The molecule has 2 aromatic carbocycles. The molecule has 1 amide bonds. The number of nitrogens with one attached hydrogen (secondary N) is 3. The fourth-order valence-corrected chi connectivity index (χ4v) is 3.10. The van der Waals surface area contributed by atoms with Crippen LogP contribution in [0, 0.1) is 0 Å². The molecule has 7 nitrogen and oxygen atoms in total. The summed E-state index contributed by atoms with van der Waals surface area (Å²) in [5.41, 5.74) is 4.02. The molecule has 0 unspecified atom stereocenters. The quantitative estimate of drug-likeness (QED) is 0.237. The van der Waals surface area contributed by atoms with E-state index in [1.54, 1.807) is 19.3 Å². The van der Waals surface area contributed by atoms with Crippen LogP contribution in [0.25, 0.3) is 0 Å². The Kier molecular flexibility index (Phi) is 10.0. The minimum Gasteiger partial charge on any atom is -0.357 e. The minimum absolute atomic E-state index is 0. The molecule has 31 heavy (non-hydrogen) atoms. The molecule has 0 aliphatic rings. The number of carbonyl (C=O) groups is 1. The summed E-state index contributed by atoms with van der Waals surface area (Å²) in [6.07, 6.45) is 3.75. The van der Waals surface area contributed by atoms with Gasteiger partial charge in [-0.2, -0.15) is 5.10 Å². The third-order valence-electron chi connectivity index (χ3n) is 4.64. The van der Waals surface area contributed by atoms with Crippen LogP contribution in [0.15, 0.2) is 72.0 Å². The predicted molar refractivity (Wildman–Crippen MR) is 135 cm³/mol. The van der Waals surface area contributed by atoms with Gasteiger partial charge in [-0.25, -0.2) is 4.99 Å². The highest BCUT2D eigenvalue weighted by atomic mass is 127. The second-order valence-corrected chi connectivity index (χ2v) is 6.80. The first-order valence-corrected chi connectivity index (χ1v) is 10.1. The monoisotopic (exact) mass is 532 g/mol. The average molecular weight is 532 g/mol. The minimum atomic E-state index is -0.0975. The van der Waals surface area contributed by atoms with E-state index < -0.39 is 0 Å². The first kappa shape index (κ1) is 24.4. The number of rotatable bonds is 8. The zero-order chi connectivity index (χ0) is 21.2. The summed E-state index contributed by atoms with van der Waals surface area (Å²) in [5.74, 6) is 0.636. The molecule has 0 aliphatic heterocycles. The Balaban J connectivity index is 0.00000341. The maximum absolute atomic E-state index is 11.8. The average Bonchev–Trinajstić information content (AvgIpc) is 3.29.